The van der Waals surface area contributed by atoms with Crippen molar-refractivity contribution in [2.75, 3.05) is 11.1 Å². The summed E-state index contributed by atoms with van der Waals surface area (Å²) in [5.74, 6) is -1.16. The lowest BCUT2D eigenvalue weighted by molar-refractivity contribution is -0.113. The van der Waals surface area contributed by atoms with Gasteiger partial charge in [-0.25, -0.2) is 8.42 Å². The third-order valence-electron chi connectivity index (χ3n) is 3.32. The molecule has 23 heavy (non-hydrogen) atoms. The molecule has 0 aromatic heterocycles. The number of benzene rings is 2. The maximum atomic E-state index is 12.2. The van der Waals surface area contributed by atoms with Crippen LogP contribution in [0.1, 0.15) is 22.3 Å². The third-order valence-corrected chi connectivity index (χ3v) is 4.80. The van der Waals surface area contributed by atoms with Gasteiger partial charge in [0.15, 0.2) is 9.84 Å². The molecule has 5 heteroatoms. The number of anilines is 1. The Hall–Kier alpha value is -2.14. The average Bonchev–Trinajstić information content (AvgIpc) is 2.35. The zero-order valence-corrected chi connectivity index (χ0v) is 14.4. The first kappa shape index (κ1) is 17.2. The van der Waals surface area contributed by atoms with E-state index >= 15 is 0 Å². The van der Waals surface area contributed by atoms with Crippen LogP contribution < -0.4 is 5.32 Å². The quantitative estimate of drug-likeness (QED) is 0.915. The van der Waals surface area contributed by atoms with Gasteiger partial charge in [0.1, 0.15) is 5.75 Å². The van der Waals surface area contributed by atoms with Crippen molar-refractivity contribution in [2.45, 2.75) is 26.5 Å². The molecule has 0 saturated heterocycles. The van der Waals surface area contributed by atoms with Crippen LogP contribution >= 0.6 is 0 Å². The number of amides is 1. The van der Waals surface area contributed by atoms with Crippen molar-refractivity contribution in [1.82, 2.24) is 0 Å². The molecule has 0 heterocycles. The zero-order valence-electron chi connectivity index (χ0n) is 13.6. The van der Waals surface area contributed by atoms with Crippen molar-refractivity contribution in [3.63, 3.8) is 0 Å². The second-order valence-electron chi connectivity index (χ2n) is 5.95. The van der Waals surface area contributed by atoms with Gasteiger partial charge in [0.05, 0.1) is 5.75 Å². The lowest BCUT2D eigenvalue weighted by Crippen LogP contribution is -2.24. The highest BCUT2D eigenvalue weighted by molar-refractivity contribution is 7.91. The summed E-state index contributed by atoms with van der Waals surface area (Å²) < 4.78 is 24.5. The monoisotopic (exact) mass is 331 g/mol. The number of nitrogens with one attached hydrogen (secondary N) is 1. The lowest BCUT2D eigenvalue weighted by Gasteiger charge is -2.08. The second kappa shape index (κ2) is 6.96. The molecule has 0 aliphatic rings. The average molecular weight is 331 g/mol. The van der Waals surface area contributed by atoms with Crippen LogP contribution in [0.2, 0.25) is 0 Å². The van der Waals surface area contributed by atoms with Crippen molar-refractivity contribution >= 4 is 21.4 Å². The molecule has 2 aromatic rings. The number of hydrogen-bond donors (Lipinski definition) is 1. The summed E-state index contributed by atoms with van der Waals surface area (Å²) in [4.78, 5) is 12.0. The molecule has 1 N–H and O–H groups in total. The predicted molar refractivity (Wildman–Crippen MR) is 93.2 cm³/mol. The maximum absolute atomic E-state index is 12.2. The molecule has 2 aromatic carbocycles. The Labute approximate surface area is 137 Å². The van der Waals surface area contributed by atoms with E-state index < -0.39 is 21.5 Å². The topological polar surface area (TPSA) is 63.2 Å². The molecular formula is C18H21NO3S. The Balaban J connectivity index is 2.04. The fourth-order valence-corrected chi connectivity index (χ4v) is 3.83. The maximum Gasteiger partial charge on any atom is 0.239 e. The van der Waals surface area contributed by atoms with E-state index in [1.807, 2.05) is 51.1 Å². The second-order valence-corrected chi connectivity index (χ2v) is 8.01. The van der Waals surface area contributed by atoms with Gasteiger partial charge in [0, 0.05) is 5.69 Å². The Morgan fingerprint density at radius 1 is 0.957 bits per heavy atom. The fraction of sp³-hybridized carbons (Fsp3) is 0.278. The number of carbonyl (C=O) groups is 1. The highest BCUT2D eigenvalue weighted by Gasteiger charge is 2.18. The van der Waals surface area contributed by atoms with Crippen LogP contribution in [0.15, 0.2) is 42.5 Å². The van der Waals surface area contributed by atoms with Gasteiger partial charge in [-0.2, -0.15) is 0 Å². The molecule has 0 radical (unpaired) electrons. The minimum atomic E-state index is -3.51. The summed E-state index contributed by atoms with van der Waals surface area (Å²) in [5, 5.41) is 2.63. The number of rotatable bonds is 5. The molecular weight excluding hydrogens is 310 g/mol. The molecule has 0 saturated carbocycles. The summed E-state index contributed by atoms with van der Waals surface area (Å²) in [5.41, 5.74) is 4.35. The predicted octanol–water partition coefficient (Wildman–Crippen LogP) is 3.17. The molecule has 0 spiro atoms. The molecule has 4 nitrogen and oxygen atoms in total. The van der Waals surface area contributed by atoms with Crippen LogP contribution in [0.5, 0.6) is 0 Å². The van der Waals surface area contributed by atoms with Crippen LogP contribution in [-0.2, 0) is 20.4 Å². The normalized spacial score (nSPS) is 11.3. The first-order valence-corrected chi connectivity index (χ1v) is 9.20. The smallest absolute Gasteiger partial charge is 0.239 e. The number of aryl methyl sites for hydroxylation is 3. The molecule has 0 atom stereocenters. The van der Waals surface area contributed by atoms with E-state index in [2.05, 4.69) is 5.32 Å². The highest BCUT2D eigenvalue weighted by atomic mass is 32.2. The van der Waals surface area contributed by atoms with E-state index in [1.165, 1.54) is 0 Å². The Bertz CT molecular complexity index is 806. The van der Waals surface area contributed by atoms with Crippen LogP contribution in [0.3, 0.4) is 0 Å². The largest absolute Gasteiger partial charge is 0.325 e. The van der Waals surface area contributed by atoms with Crippen LogP contribution in [0.4, 0.5) is 5.69 Å². The molecule has 0 fully saturated rings. The van der Waals surface area contributed by atoms with Gasteiger partial charge in [0.25, 0.3) is 0 Å². The third kappa shape index (κ3) is 5.53. The fourth-order valence-electron chi connectivity index (χ4n) is 2.58. The van der Waals surface area contributed by atoms with Crippen LogP contribution in [-0.4, -0.2) is 20.1 Å². The minimum Gasteiger partial charge on any atom is -0.325 e. The Kier molecular flexibility index (Phi) is 5.21. The number of sulfone groups is 1. The summed E-state index contributed by atoms with van der Waals surface area (Å²) in [7, 11) is -3.51. The molecule has 0 bridgehead atoms. The zero-order chi connectivity index (χ0) is 17.0. The Morgan fingerprint density at radius 2 is 1.61 bits per heavy atom. The summed E-state index contributed by atoms with van der Waals surface area (Å²) in [6.45, 7) is 5.76. The van der Waals surface area contributed by atoms with Crippen LogP contribution in [0, 0.1) is 20.8 Å². The van der Waals surface area contributed by atoms with Gasteiger partial charge in [-0.3, -0.25) is 4.79 Å². The van der Waals surface area contributed by atoms with Crippen molar-refractivity contribution < 1.29 is 13.2 Å². The van der Waals surface area contributed by atoms with E-state index in [9.17, 15) is 13.2 Å². The van der Waals surface area contributed by atoms with Gasteiger partial charge in [-0.15, -0.1) is 0 Å². The van der Waals surface area contributed by atoms with E-state index in [0.717, 1.165) is 16.7 Å². The molecule has 0 unspecified atom stereocenters. The summed E-state index contributed by atoms with van der Waals surface area (Å²) in [6, 6.07) is 12.9. The number of carbonyl (C=O) groups excluding carboxylic acids is 1. The van der Waals surface area contributed by atoms with Gasteiger partial charge >= 0.3 is 0 Å². The molecule has 0 aliphatic carbocycles. The highest BCUT2D eigenvalue weighted by Crippen LogP contribution is 2.14. The van der Waals surface area contributed by atoms with Crippen molar-refractivity contribution in [3.05, 3.63) is 64.7 Å². The Morgan fingerprint density at radius 3 is 2.22 bits per heavy atom. The molecule has 2 rings (SSSR count). The first-order chi connectivity index (χ1) is 10.7. The first-order valence-electron chi connectivity index (χ1n) is 7.38. The lowest BCUT2D eigenvalue weighted by atomic mass is 10.1. The SMILES string of the molecule is Cc1cc(C)cc(CS(=O)(=O)CC(=O)Nc2cccc(C)c2)c1. The van der Waals surface area contributed by atoms with Gasteiger partial charge in [-0.05, 0) is 44.0 Å². The van der Waals surface area contributed by atoms with Crippen molar-refractivity contribution in [2.24, 2.45) is 0 Å². The number of hydrogen-bond acceptors (Lipinski definition) is 3. The molecule has 0 aliphatic heterocycles. The van der Waals surface area contributed by atoms with Crippen molar-refractivity contribution in [1.29, 1.82) is 0 Å². The van der Waals surface area contributed by atoms with E-state index in [0.29, 0.717) is 11.3 Å². The molecule has 122 valence electrons. The standard InChI is InChI=1S/C18H21NO3S/c1-13-5-4-6-17(10-13)19-18(20)12-23(21,22)11-16-8-14(2)7-15(3)9-16/h4-10H,11-12H2,1-3H3,(H,19,20). The minimum absolute atomic E-state index is 0.128. The van der Waals surface area contributed by atoms with E-state index in [1.54, 1.807) is 12.1 Å². The van der Waals surface area contributed by atoms with Gasteiger partial charge < -0.3 is 5.32 Å². The van der Waals surface area contributed by atoms with Crippen molar-refractivity contribution in [3.8, 4) is 0 Å². The van der Waals surface area contributed by atoms with E-state index in [4.69, 9.17) is 0 Å². The van der Waals surface area contributed by atoms with Gasteiger partial charge in [-0.1, -0.05) is 41.5 Å². The molecule has 1 amide bonds. The van der Waals surface area contributed by atoms with E-state index in [-0.39, 0.29) is 5.75 Å². The van der Waals surface area contributed by atoms with Gasteiger partial charge in [0.2, 0.25) is 5.91 Å². The summed E-state index contributed by atoms with van der Waals surface area (Å²) >= 11 is 0. The van der Waals surface area contributed by atoms with Crippen LogP contribution in [0.25, 0.3) is 0 Å². The summed E-state index contributed by atoms with van der Waals surface area (Å²) in [6.07, 6.45) is 0.